The first-order valence-corrected chi connectivity index (χ1v) is 5.93. The molecule has 0 bridgehead atoms. The Labute approximate surface area is 99.3 Å². The van der Waals surface area contributed by atoms with Gasteiger partial charge >= 0.3 is 5.97 Å². The molecule has 6 heteroatoms. The van der Waals surface area contributed by atoms with Crippen LogP contribution in [0.2, 0.25) is 0 Å². The molecule has 17 heavy (non-hydrogen) atoms. The molecule has 3 atom stereocenters. The van der Waals surface area contributed by atoms with Crippen LogP contribution in [0.4, 0.5) is 0 Å². The average molecular weight is 243 g/mol. The lowest BCUT2D eigenvalue weighted by Gasteiger charge is -2.24. The number of aliphatic carboxylic acids is 1. The molecule has 0 aromatic carbocycles. The predicted octanol–water partition coefficient (Wildman–Crippen LogP) is -0.0862. The van der Waals surface area contributed by atoms with Gasteiger partial charge in [-0.15, -0.1) is 0 Å². The zero-order valence-electron chi connectivity index (χ0n) is 9.55. The van der Waals surface area contributed by atoms with Crippen LogP contribution in [0.5, 0.6) is 0 Å². The van der Waals surface area contributed by atoms with Crippen LogP contribution in [0.3, 0.4) is 0 Å². The summed E-state index contributed by atoms with van der Waals surface area (Å²) in [4.78, 5) is 22.5. The van der Waals surface area contributed by atoms with Crippen molar-refractivity contribution < 1.29 is 24.2 Å². The summed E-state index contributed by atoms with van der Waals surface area (Å²) in [5, 5.41) is 11.6. The molecule has 0 aromatic rings. The fraction of sp³-hybridized carbons (Fsp3) is 0.818. The molecule has 96 valence electrons. The van der Waals surface area contributed by atoms with E-state index in [1.165, 1.54) is 0 Å². The maximum absolute atomic E-state index is 11.8. The van der Waals surface area contributed by atoms with Gasteiger partial charge in [-0.3, -0.25) is 4.79 Å². The minimum absolute atomic E-state index is 0.0312. The summed E-state index contributed by atoms with van der Waals surface area (Å²) in [5.41, 5.74) is 0. The monoisotopic (exact) mass is 243 g/mol. The Hall–Kier alpha value is -1.14. The maximum atomic E-state index is 11.8. The quantitative estimate of drug-likeness (QED) is 0.724. The average Bonchev–Trinajstić information content (AvgIpc) is 2.79. The summed E-state index contributed by atoms with van der Waals surface area (Å²) >= 11 is 0. The van der Waals surface area contributed by atoms with E-state index in [-0.39, 0.29) is 11.9 Å². The first kappa shape index (κ1) is 12.3. The molecule has 0 aromatic heterocycles. The van der Waals surface area contributed by atoms with Gasteiger partial charge in [0.2, 0.25) is 5.91 Å². The molecule has 0 spiro atoms. The standard InChI is InChI=1S/C11H17NO5/c13-10(12-7-2-1-5-16-6-7)8-3-4-9(17-8)11(14)15/h7-9H,1-6H2,(H,12,13)(H,14,15)/t7?,8-,9+/m0/s1. The van der Waals surface area contributed by atoms with Gasteiger partial charge in [0.25, 0.3) is 0 Å². The van der Waals surface area contributed by atoms with Crippen molar-refractivity contribution in [2.24, 2.45) is 0 Å². The zero-order chi connectivity index (χ0) is 12.3. The highest BCUT2D eigenvalue weighted by molar-refractivity contribution is 5.82. The van der Waals surface area contributed by atoms with Crippen molar-refractivity contribution in [1.82, 2.24) is 5.32 Å². The topological polar surface area (TPSA) is 84.9 Å². The number of ether oxygens (including phenoxy) is 2. The van der Waals surface area contributed by atoms with Gasteiger partial charge in [0.1, 0.15) is 6.10 Å². The minimum atomic E-state index is -0.999. The molecular weight excluding hydrogens is 226 g/mol. The molecule has 2 saturated heterocycles. The van der Waals surface area contributed by atoms with Crippen LogP contribution >= 0.6 is 0 Å². The third-order valence-electron chi connectivity index (χ3n) is 3.09. The van der Waals surface area contributed by atoms with Crippen molar-refractivity contribution in [2.45, 2.75) is 43.9 Å². The van der Waals surface area contributed by atoms with Crippen LogP contribution in [-0.2, 0) is 19.1 Å². The molecule has 0 aliphatic carbocycles. The Bertz CT molecular complexity index is 300. The second kappa shape index (κ2) is 5.46. The van der Waals surface area contributed by atoms with E-state index in [2.05, 4.69) is 5.32 Å². The van der Waals surface area contributed by atoms with Gasteiger partial charge in [0.05, 0.1) is 12.6 Å². The summed E-state index contributed by atoms with van der Waals surface area (Å²) in [7, 11) is 0. The number of nitrogens with one attached hydrogen (secondary N) is 1. The van der Waals surface area contributed by atoms with Crippen molar-refractivity contribution >= 4 is 11.9 Å². The number of rotatable bonds is 3. The van der Waals surface area contributed by atoms with Crippen LogP contribution in [0.25, 0.3) is 0 Å². The molecule has 2 heterocycles. The van der Waals surface area contributed by atoms with Crippen molar-refractivity contribution in [2.75, 3.05) is 13.2 Å². The third-order valence-corrected chi connectivity index (χ3v) is 3.09. The predicted molar refractivity (Wildman–Crippen MR) is 57.5 cm³/mol. The molecule has 2 fully saturated rings. The van der Waals surface area contributed by atoms with Gasteiger partial charge in [-0.25, -0.2) is 4.79 Å². The molecule has 1 amide bonds. The summed E-state index contributed by atoms with van der Waals surface area (Å²) in [6.07, 6.45) is 1.24. The molecule has 2 aliphatic heterocycles. The molecule has 6 nitrogen and oxygen atoms in total. The summed E-state index contributed by atoms with van der Waals surface area (Å²) < 4.78 is 10.4. The van der Waals surface area contributed by atoms with E-state index in [0.29, 0.717) is 19.4 Å². The first-order chi connectivity index (χ1) is 8.16. The zero-order valence-corrected chi connectivity index (χ0v) is 9.55. The maximum Gasteiger partial charge on any atom is 0.332 e. The van der Waals surface area contributed by atoms with E-state index in [9.17, 15) is 9.59 Å². The van der Waals surface area contributed by atoms with E-state index in [1.54, 1.807) is 0 Å². The normalized spacial score (nSPS) is 33.3. The Kier molecular flexibility index (Phi) is 3.96. The Balaban J connectivity index is 1.78. The second-order valence-electron chi connectivity index (χ2n) is 4.45. The highest BCUT2D eigenvalue weighted by Gasteiger charge is 2.35. The number of amides is 1. The van der Waals surface area contributed by atoms with Gasteiger partial charge in [0, 0.05) is 6.61 Å². The number of carbonyl (C=O) groups excluding carboxylic acids is 1. The third kappa shape index (κ3) is 3.17. The summed E-state index contributed by atoms with van der Waals surface area (Å²) in [6, 6.07) is 0.0312. The Morgan fingerprint density at radius 3 is 2.53 bits per heavy atom. The van der Waals surface area contributed by atoms with E-state index in [0.717, 1.165) is 19.4 Å². The summed E-state index contributed by atoms with van der Waals surface area (Å²) in [5.74, 6) is -1.22. The smallest absolute Gasteiger partial charge is 0.332 e. The number of hydrogen-bond donors (Lipinski definition) is 2. The van der Waals surface area contributed by atoms with E-state index < -0.39 is 18.2 Å². The molecule has 2 N–H and O–H groups in total. The molecule has 0 saturated carbocycles. The van der Waals surface area contributed by atoms with Gasteiger partial charge in [0.15, 0.2) is 6.10 Å². The van der Waals surface area contributed by atoms with Crippen LogP contribution in [0.1, 0.15) is 25.7 Å². The van der Waals surface area contributed by atoms with Crippen molar-refractivity contribution in [3.8, 4) is 0 Å². The van der Waals surface area contributed by atoms with E-state index >= 15 is 0 Å². The lowest BCUT2D eigenvalue weighted by atomic mass is 10.1. The Morgan fingerprint density at radius 1 is 1.18 bits per heavy atom. The number of carbonyl (C=O) groups is 2. The Morgan fingerprint density at radius 2 is 1.94 bits per heavy atom. The van der Waals surface area contributed by atoms with Gasteiger partial charge in [-0.1, -0.05) is 0 Å². The fourth-order valence-electron chi connectivity index (χ4n) is 2.16. The van der Waals surface area contributed by atoms with E-state index in [4.69, 9.17) is 14.6 Å². The fourth-order valence-corrected chi connectivity index (χ4v) is 2.16. The first-order valence-electron chi connectivity index (χ1n) is 5.93. The number of hydrogen-bond acceptors (Lipinski definition) is 4. The number of carboxylic acids is 1. The lowest BCUT2D eigenvalue weighted by Crippen LogP contribution is -2.45. The van der Waals surface area contributed by atoms with Crippen LogP contribution in [0, 0.1) is 0 Å². The summed E-state index contributed by atoms with van der Waals surface area (Å²) in [6.45, 7) is 1.27. The number of carboxylic acid groups (broad SMARTS) is 1. The highest BCUT2D eigenvalue weighted by atomic mass is 16.5. The molecular formula is C11H17NO5. The van der Waals surface area contributed by atoms with Gasteiger partial charge < -0.3 is 19.9 Å². The van der Waals surface area contributed by atoms with Crippen LogP contribution in [-0.4, -0.2) is 48.4 Å². The molecule has 1 unspecified atom stereocenters. The van der Waals surface area contributed by atoms with Crippen molar-refractivity contribution in [1.29, 1.82) is 0 Å². The van der Waals surface area contributed by atoms with Crippen LogP contribution < -0.4 is 5.32 Å². The highest BCUT2D eigenvalue weighted by Crippen LogP contribution is 2.20. The molecule has 2 aliphatic rings. The molecule has 0 radical (unpaired) electrons. The largest absolute Gasteiger partial charge is 0.479 e. The SMILES string of the molecule is O=C(NC1CCCOC1)[C@@H]1CC[C@H](C(=O)O)O1. The lowest BCUT2D eigenvalue weighted by molar-refractivity contribution is -0.152. The van der Waals surface area contributed by atoms with E-state index in [1.807, 2.05) is 0 Å². The van der Waals surface area contributed by atoms with Crippen LogP contribution in [0.15, 0.2) is 0 Å². The second-order valence-corrected chi connectivity index (χ2v) is 4.45. The molecule has 2 rings (SSSR count). The van der Waals surface area contributed by atoms with Crippen molar-refractivity contribution in [3.63, 3.8) is 0 Å². The van der Waals surface area contributed by atoms with Gasteiger partial charge in [-0.2, -0.15) is 0 Å². The van der Waals surface area contributed by atoms with Crippen molar-refractivity contribution in [3.05, 3.63) is 0 Å². The van der Waals surface area contributed by atoms with Gasteiger partial charge in [-0.05, 0) is 25.7 Å². The minimum Gasteiger partial charge on any atom is -0.479 e.